The summed E-state index contributed by atoms with van der Waals surface area (Å²) in [5.74, 6) is -0.487. The van der Waals surface area contributed by atoms with E-state index in [9.17, 15) is 4.79 Å². The first kappa shape index (κ1) is 10.4. The van der Waals surface area contributed by atoms with Gasteiger partial charge in [0.1, 0.15) is 0 Å². The molecule has 0 aromatic heterocycles. The van der Waals surface area contributed by atoms with Crippen molar-refractivity contribution in [2.75, 3.05) is 13.7 Å². The molecule has 11 heavy (non-hydrogen) atoms. The van der Waals surface area contributed by atoms with Crippen molar-refractivity contribution in [1.82, 2.24) is 0 Å². The van der Waals surface area contributed by atoms with Crippen molar-refractivity contribution in [2.45, 2.75) is 20.3 Å². The van der Waals surface area contributed by atoms with Gasteiger partial charge in [-0.25, -0.2) is 0 Å². The Balaban J connectivity index is 4.03. The van der Waals surface area contributed by atoms with E-state index in [4.69, 9.17) is 5.11 Å². The topological polar surface area (TPSA) is 46.5 Å². The van der Waals surface area contributed by atoms with E-state index in [1.54, 1.807) is 0 Å². The summed E-state index contributed by atoms with van der Waals surface area (Å²) in [4.78, 5) is 11.0. The summed E-state index contributed by atoms with van der Waals surface area (Å²) >= 11 is 0. The van der Waals surface area contributed by atoms with Crippen LogP contribution < -0.4 is 0 Å². The Morgan fingerprint density at radius 1 is 1.64 bits per heavy atom. The lowest BCUT2D eigenvalue weighted by Crippen LogP contribution is -2.26. The number of carbonyl (C=O) groups excluding carboxylic acids is 1. The molecule has 0 saturated heterocycles. The molecule has 0 rings (SSSR count). The highest BCUT2D eigenvalue weighted by atomic mass is 16.5. The molecule has 0 bridgehead atoms. The van der Waals surface area contributed by atoms with Crippen molar-refractivity contribution in [2.24, 2.45) is 11.8 Å². The first-order chi connectivity index (χ1) is 5.17. The van der Waals surface area contributed by atoms with Gasteiger partial charge in [-0.1, -0.05) is 20.3 Å². The molecule has 0 aliphatic rings. The Labute approximate surface area is 67.4 Å². The molecule has 0 amide bonds. The van der Waals surface area contributed by atoms with E-state index in [-0.39, 0.29) is 24.4 Å². The number of ether oxygens (including phenoxy) is 1. The first-order valence-electron chi connectivity index (χ1n) is 3.86. The lowest BCUT2D eigenvalue weighted by atomic mass is 9.93. The van der Waals surface area contributed by atoms with E-state index in [1.165, 1.54) is 7.11 Å². The molecule has 0 radical (unpaired) electrons. The molecule has 0 fully saturated rings. The van der Waals surface area contributed by atoms with Gasteiger partial charge in [0, 0.05) is 0 Å². The fourth-order valence-corrected chi connectivity index (χ4v) is 0.923. The largest absolute Gasteiger partial charge is 0.469 e. The van der Waals surface area contributed by atoms with Gasteiger partial charge in [-0.15, -0.1) is 0 Å². The number of methoxy groups -OCH3 is 1. The fourth-order valence-electron chi connectivity index (χ4n) is 0.923. The average molecular weight is 160 g/mol. The van der Waals surface area contributed by atoms with Crippen LogP contribution in [0.5, 0.6) is 0 Å². The molecule has 0 spiro atoms. The van der Waals surface area contributed by atoms with Crippen LogP contribution in [-0.2, 0) is 9.53 Å². The van der Waals surface area contributed by atoms with Crippen LogP contribution in [0.3, 0.4) is 0 Å². The number of aliphatic hydroxyl groups excluding tert-OH is 1. The van der Waals surface area contributed by atoms with Crippen LogP contribution >= 0.6 is 0 Å². The van der Waals surface area contributed by atoms with Gasteiger partial charge in [0.25, 0.3) is 0 Å². The summed E-state index contributed by atoms with van der Waals surface area (Å²) in [6.07, 6.45) is 0.875. The molecule has 1 N–H and O–H groups in total. The number of esters is 1. The van der Waals surface area contributed by atoms with Gasteiger partial charge >= 0.3 is 5.97 Å². The predicted molar refractivity (Wildman–Crippen MR) is 42.0 cm³/mol. The average Bonchev–Trinajstić information content (AvgIpc) is 2.05. The highest BCUT2D eigenvalue weighted by Gasteiger charge is 2.23. The fraction of sp³-hybridized carbons (Fsp3) is 0.875. The van der Waals surface area contributed by atoms with Crippen LogP contribution in [0, 0.1) is 11.8 Å². The second-order valence-corrected chi connectivity index (χ2v) is 2.70. The lowest BCUT2D eigenvalue weighted by molar-refractivity contribution is -0.148. The third-order valence-corrected chi connectivity index (χ3v) is 2.03. The second-order valence-electron chi connectivity index (χ2n) is 2.70. The number of aliphatic hydroxyl groups is 1. The van der Waals surface area contributed by atoms with Crippen LogP contribution in [0.4, 0.5) is 0 Å². The smallest absolute Gasteiger partial charge is 0.311 e. The van der Waals surface area contributed by atoms with Crippen molar-refractivity contribution < 1.29 is 14.6 Å². The molecule has 66 valence electrons. The zero-order valence-corrected chi connectivity index (χ0v) is 7.33. The maximum atomic E-state index is 11.0. The summed E-state index contributed by atoms with van der Waals surface area (Å²) in [5.41, 5.74) is 0. The molecule has 1 unspecified atom stereocenters. The molecule has 3 heteroatoms. The van der Waals surface area contributed by atoms with Crippen LogP contribution in [0.2, 0.25) is 0 Å². The van der Waals surface area contributed by atoms with Crippen molar-refractivity contribution in [3.8, 4) is 0 Å². The van der Waals surface area contributed by atoms with Crippen molar-refractivity contribution >= 4 is 5.97 Å². The maximum Gasteiger partial charge on any atom is 0.311 e. The normalized spacial score (nSPS) is 15.6. The van der Waals surface area contributed by atoms with E-state index >= 15 is 0 Å². The summed E-state index contributed by atoms with van der Waals surface area (Å²) in [5, 5.41) is 8.83. The minimum atomic E-state index is -0.356. The van der Waals surface area contributed by atoms with Crippen molar-refractivity contribution in [3.63, 3.8) is 0 Å². The zero-order chi connectivity index (χ0) is 8.85. The summed E-state index contributed by atoms with van der Waals surface area (Å²) < 4.78 is 4.53. The third-order valence-electron chi connectivity index (χ3n) is 2.03. The molecule has 0 aliphatic carbocycles. The van der Waals surface area contributed by atoms with Gasteiger partial charge in [-0.05, 0) is 5.92 Å². The molecular weight excluding hydrogens is 144 g/mol. The first-order valence-corrected chi connectivity index (χ1v) is 3.86. The molecule has 0 aromatic rings. The highest BCUT2D eigenvalue weighted by molar-refractivity contribution is 5.72. The Hall–Kier alpha value is -0.570. The SMILES string of the molecule is CCC(C)[C@@H](CO)C(=O)OC. The Kier molecular flexibility index (Phi) is 4.86. The van der Waals surface area contributed by atoms with Gasteiger partial charge in [-0.2, -0.15) is 0 Å². The van der Waals surface area contributed by atoms with Crippen LogP contribution in [0.15, 0.2) is 0 Å². The molecule has 0 saturated carbocycles. The molecule has 0 aliphatic heterocycles. The van der Waals surface area contributed by atoms with E-state index in [0.29, 0.717) is 0 Å². The number of carbonyl (C=O) groups is 1. The quantitative estimate of drug-likeness (QED) is 0.619. The molecule has 2 atom stereocenters. The van der Waals surface area contributed by atoms with Crippen molar-refractivity contribution in [1.29, 1.82) is 0 Å². The Morgan fingerprint density at radius 2 is 2.18 bits per heavy atom. The third kappa shape index (κ3) is 2.89. The maximum absolute atomic E-state index is 11.0. The second kappa shape index (κ2) is 5.13. The van der Waals surface area contributed by atoms with Crippen LogP contribution in [0.1, 0.15) is 20.3 Å². The standard InChI is InChI=1S/C8H16O3/c1-4-6(2)7(5-9)8(10)11-3/h6-7,9H,4-5H2,1-3H3/t6?,7-/m1/s1. The van der Waals surface area contributed by atoms with E-state index in [2.05, 4.69) is 4.74 Å². The Bertz CT molecular complexity index is 123. The van der Waals surface area contributed by atoms with Crippen LogP contribution in [0.25, 0.3) is 0 Å². The van der Waals surface area contributed by atoms with Crippen molar-refractivity contribution in [3.05, 3.63) is 0 Å². The van der Waals surface area contributed by atoms with Crippen LogP contribution in [-0.4, -0.2) is 24.8 Å². The number of hydrogen-bond acceptors (Lipinski definition) is 3. The van der Waals surface area contributed by atoms with Gasteiger partial charge in [0.15, 0.2) is 0 Å². The van der Waals surface area contributed by atoms with Gasteiger partial charge in [0.2, 0.25) is 0 Å². The monoisotopic (exact) mass is 160 g/mol. The van der Waals surface area contributed by atoms with E-state index in [0.717, 1.165) is 6.42 Å². The summed E-state index contributed by atoms with van der Waals surface area (Å²) in [6.45, 7) is 3.79. The van der Waals surface area contributed by atoms with Gasteiger partial charge < -0.3 is 9.84 Å². The van der Waals surface area contributed by atoms with E-state index < -0.39 is 0 Å². The van der Waals surface area contributed by atoms with E-state index in [1.807, 2.05) is 13.8 Å². The van der Waals surface area contributed by atoms with Gasteiger partial charge in [-0.3, -0.25) is 4.79 Å². The highest BCUT2D eigenvalue weighted by Crippen LogP contribution is 2.15. The Morgan fingerprint density at radius 3 is 2.45 bits per heavy atom. The van der Waals surface area contributed by atoms with Gasteiger partial charge in [0.05, 0.1) is 19.6 Å². The minimum absolute atomic E-state index is 0.123. The minimum Gasteiger partial charge on any atom is -0.469 e. The summed E-state index contributed by atoms with van der Waals surface area (Å²) in [6, 6.07) is 0. The molecule has 0 heterocycles. The molecule has 3 nitrogen and oxygen atoms in total. The molecule has 0 aromatic carbocycles. The lowest BCUT2D eigenvalue weighted by Gasteiger charge is -2.17. The number of rotatable bonds is 4. The number of hydrogen-bond donors (Lipinski definition) is 1. The summed E-state index contributed by atoms with van der Waals surface area (Å²) in [7, 11) is 1.34. The molecular formula is C8H16O3. The zero-order valence-electron chi connectivity index (χ0n) is 7.33. The predicted octanol–water partition coefficient (Wildman–Crippen LogP) is 0.814.